The van der Waals surface area contributed by atoms with Gasteiger partial charge in [0.05, 0.1) is 11.6 Å². The molecule has 1 aliphatic heterocycles. The number of nitrogens with zero attached hydrogens (tertiary/aromatic N) is 3. The van der Waals surface area contributed by atoms with Crippen LogP contribution in [0.25, 0.3) is 0 Å². The molecule has 1 N–H and O–H groups in total. The average molecular weight is 272 g/mol. The Kier molecular flexibility index (Phi) is 4.72. The topological polar surface area (TPSA) is 59.4 Å². The van der Waals surface area contributed by atoms with E-state index in [9.17, 15) is 4.79 Å². The maximum absolute atomic E-state index is 12.1. The van der Waals surface area contributed by atoms with Crippen molar-refractivity contribution in [2.75, 3.05) is 40.3 Å². The van der Waals surface area contributed by atoms with Gasteiger partial charge < -0.3 is 10.2 Å². The summed E-state index contributed by atoms with van der Waals surface area (Å²) in [5.74, 6) is -0.122. The summed E-state index contributed by atoms with van der Waals surface area (Å²) in [5.41, 5.74) is 1.04. The van der Waals surface area contributed by atoms with E-state index in [1.807, 2.05) is 6.07 Å². The Hall–Kier alpha value is -1.90. The minimum atomic E-state index is -0.122. The largest absolute Gasteiger partial charge is 0.350 e. The van der Waals surface area contributed by atoms with Gasteiger partial charge in [-0.25, -0.2) is 0 Å². The number of hydrogen-bond donors (Lipinski definition) is 1. The SMILES string of the molecule is CN1CCN(C)[C@@H](CNC(=O)c2cccc(C#N)c2)C1. The first-order valence-electron chi connectivity index (χ1n) is 6.77. The van der Waals surface area contributed by atoms with Crippen LogP contribution in [-0.4, -0.2) is 62.0 Å². The Morgan fingerprint density at radius 2 is 2.25 bits per heavy atom. The fourth-order valence-electron chi connectivity index (χ4n) is 2.36. The van der Waals surface area contributed by atoms with E-state index < -0.39 is 0 Å². The molecule has 0 radical (unpaired) electrons. The molecule has 0 unspecified atom stereocenters. The second kappa shape index (κ2) is 6.51. The van der Waals surface area contributed by atoms with Gasteiger partial charge in [-0.1, -0.05) is 6.07 Å². The van der Waals surface area contributed by atoms with Crippen LogP contribution in [0.1, 0.15) is 15.9 Å². The molecule has 0 spiro atoms. The maximum Gasteiger partial charge on any atom is 0.251 e. The number of carbonyl (C=O) groups excluding carboxylic acids is 1. The Morgan fingerprint density at radius 3 is 3.00 bits per heavy atom. The third-order valence-corrected chi connectivity index (χ3v) is 3.73. The number of likely N-dealkylation sites (N-methyl/N-ethyl adjacent to an activating group) is 2. The highest BCUT2D eigenvalue weighted by Gasteiger charge is 2.22. The highest BCUT2D eigenvalue weighted by atomic mass is 16.1. The first-order chi connectivity index (χ1) is 9.60. The molecule has 1 amide bonds. The second-order valence-corrected chi connectivity index (χ2v) is 5.30. The van der Waals surface area contributed by atoms with Crippen LogP contribution in [0.4, 0.5) is 0 Å². The normalized spacial score (nSPS) is 20.4. The molecule has 1 heterocycles. The van der Waals surface area contributed by atoms with Crippen molar-refractivity contribution >= 4 is 5.91 Å². The molecule has 1 fully saturated rings. The zero-order valence-corrected chi connectivity index (χ0v) is 12.0. The predicted octanol–water partition coefficient (Wildman–Crippen LogP) is 0.534. The van der Waals surface area contributed by atoms with Gasteiger partial charge in [0, 0.05) is 37.8 Å². The fourth-order valence-corrected chi connectivity index (χ4v) is 2.36. The molecule has 5 nitrogen and oxygen atoms in total. The van der Waals surface area contributed by atoms with Crippen molar-refractivity contribution in [3.63, 3.8) is 0 Å². The Balaban J connectivity index is 1.93. The second-order valence-electron chi connectivity index (χ2n) is 5.30. The van der Waals surface area contributed by atoms with Crippen LogP contribution in [0.15, 0.2) is 24.3 Å². The van der Waals surface area contributed by atoms with Gasteiger partial charge in [0.2, 0.25) is 0 Å². The molecule has 0 aromatic heterocycles. The first-order valence-corrected chi connectivity index (χ1v) is 6.77. The summed E-state index contributed by atoms with van der Waals surface area (Å²) in [6, 6.07) is 9.15. The number of amides is 1. The number of piperazine rings is 1. The van der Waals surface area contributed by atoms with Gasteiger partial charge >= 0.3 is 0 Å². The minimum absolute atomic E-state index is 0.122. The molecule has 5 heteroatoms. The fraction of sp³-hybridized carbons (Fsp3) is 0.467. The summed E-state index contributed by atoms with van der Waals surface area (Å²) in [6.45, 7) is 3.65. The summed E-state index contributed by atoms with van der Waals surface area (Å²) < 4.78 is 0. The van der Waals surface area contributed by atoms with Crippen LogP contribution < -0.4 is 5.32 Å². The van der Waals surface area contributed by atoms with E-state index in [-0.39, 0.29) is 5.91 Å². The van der Waals surface area contributed by atoms with E-state index in [0.717, 1.165) is 19.6 Å². The van der Waals surface area contributed by atoms with Crippen LogP contribution in [0.3, 0.4) is 0 Å². The third-order valence-electron chi connectivity index (χ3n) is 3.73. The lowest BCUT2D eigenvalue weighted by molar-refractivity contribution is 0.0881. The smallest absolute Gasteiger partial charge is 0.251 e. The molecule has 1 aromatic rings. The lowest BCUT2D eigenvalue weighted by atomic mass is 10.1. The molecule has 1 aliphatic rings. The van der Waals surface area contributed by atoms with E-state index in [0.29, 0.717) is 23.7 Å². The van der Waals surface area contributed by atoms with Crippen molar-refractivity contribution in [3.8, 4) is 6.07 Å². The Bertz CT molecular complexity index is 523. The summed E-state index contributed by atoms with van der Waals surface area (Å²) in [7, 11) is 4.18. The van der Waals surface area contributed by atoms with Gasteiger partial charge in [-0.3, -0.25) is 9.69 Å². The van der Waals surface area contributed by atoms with Gasteiger partial charge in [-0.05, 0) is 32.3 Å². The highest BCUT2D eigenvalue weighted by molar-refractivity contribution is 5.94. The first kappa shape index (κ1) is 14.5. The highest BCUT2D eigenvalue weighted by Crippen LogP contribution is 2.07. The van der Waals surface area contributed by atoms with E-state index in [1.54, 1.807) is 24.3 Å². The van der Waals surface area contributed by atoms with Gasteiger partial charge in [0.1, 0.15) is 0 Å². The van der Waals surface area contributed by atoms with Crippen molar-refractivity contribution in [1.82, 2.24) is 15.1 Å². The quantitative estimate of drug-likeness (QED) is 0.872. The molecule has 1 saturated heterocycles. The molecular weight excluding hydrogens is 252 g/mol. The van der Waals surface area contributed by atoms with Crippen molar-refractivity contribution in [2.45, 2.75) is 6.04 Å². The third kappa shape index (κ3) is 3.56. The van der Waals surface area contributed by atoms with Gasteiger partial charge in [0.15, 0.2) is 0 Å². The van der Waals surface area contributed by atoms with Crippen LogP contribution in [0.5, 0.6) is 0 Å². The molecule has 0 bridgehead atoms. The van der Waals surface area contributed by atoms with Gasteiger partial charge in [-0.2, -0.15) is 5.26 Å². The lowest BCUT2D eigenvalue weighted by Crippen LogP contribution is -2.54. The lowest BCUT2D eigenvalue weighted by Gasteiger charge is -2.37. The van der Waals surface area contributed by atoms with Crippen molar-refractivity contribution < 1.29 is 4.79 Å². The van der Waals surface area contributed by atoms with E-state index in [1.165, 1.54) is 0 Å². The predicted molar refractivity (Wildman–Crippen MR) is 77.4 cm³/mol. The van der Waals surface area contributed by atoms with Crippen LogP contribution in [0, 0.1) is 11.3 Å². The summed E-state index contributed by atoms with van der Waals surface area (Å²) in [4.78, 5) is 16.6. The zero-order valence-electron chi connectivity index (χ0n) is 12.0. The number of nitrogens with one attached hydrogen (secondary N) is 1. The molecule has 2 rings (SSSR count). The van der Waals surface area contributed by atoms with Gasteiger partial charge in [-0.15, -0.1) is 0 Å². The van der Waals surface area contributed by atoms with Gasteiger partial charge in [0.25, 0.3) is 5.91 Å². The molecule has 20 heavy (non-hydrogen) atoms. The molecule has 1 atom stereocenters. The van der Waals surface area contributed by atoms with Crippen LogP contribution in [0.2, 0.25) is 0 Å². The van der Waals surface area contributed by atoms with Crippen LogP contribution >= 0.6 is 0 Å². The summed E-state index contributed by atoms with van der Waals surface area (Å²) in [5, 5.41) is 11.8. The van der Waals surface area contributed by atoms with Crippen molar-refractivity contribution in [2.24, 2.45) is 0 Å². The molecule has 0 aliphatic carbocycles. The number of benzene rings is 1. The average Bonchev–Trinajstić information content (AvgIpc) is 2.48. The standard InChI is InChI=1S/C15H20N4O/c1-18-6-7-19(2)14(11-18)10-17-15(20)13-5-3-4-12(8-13)9-16/h3-5,8,14H,6-7,10-11H2,1-2H3,(H,17,20)/t14-/m0/s1. The zero-order chi connectivity index (χ0) is 14.5. The number of carbonyl (C=O) groups is 1. The maximum atomic E-state index is 12.1. The molecule has 106 valence electrons. The molecule has 0 saturated carbocycles. The van der Waals surface area contributed by atoms with E-state index in [2.05, 4.69) is 29.2 Å². The number of hydrogen-bond acceptors (Lipinski definition) is 4. The molecular formula is C15H20N4O. The van der Waals surface area contributed by atoms with E-state index in [4.69, 9.17) is 5.26 Å². The van der Waals surface area contributed by atoms with E-state index >= 15 is 0 Å². The summed E-state index contributed by atoms with van der Waals surface area (Å²) in [6.07, 6.45) is 0. The van der Waals surface area contributed by atoms with Crippen LogP contribution in [-0.2, 0) is 0 Å². The number of nitriles is 1. The number of rotatable bonds is 3. The summed E-state index contributed by atoms with van der Waals surface area (Å²) >= 11 is 0. The Morgan fingerprint density at radius 1 is 1.45 bits per heavy atom. The van der Waals surface area contributed by atoms with Crippen molar-refractivity contribution in [1.29, 1.82) is 5.26 Å². The molecule has 1 aromatic carbocycles. The monoisotopic (exact) mass is 272 g/mol. The Labute approximate surface area is 119 Å². The minimum Gasteiger partial charge on any atom is -0.350 e. The van der Waals surface area contributed by atoms with Crippen molar-refractivity contribution in [3.05, 3.63) is 35.4 Å².